The normalized spacial score (nSPS) is 16.1. The van der Waals surface area contributed by atoms with E-state index < -0.39 is 0 Å². The SMILES string of the molecule is COc1ccc(CN=C=O)cc1C1CCCCC1. The lowest BCUT2D eigenvalue weighted by atomic mass is 9.83. The van der Waals surface area contributed by atoms with E-state index in [9.17, 15) is 4.79 Å². The highest BCUT2D eigenvalue weighted by atomic mass is 16.5. The van der Waals surface area contributed by atoms with Crippen LogP contribution in [0.1, 0.15) is 49.1 Å². The zero-order chi connectivity index (χ0) is 12.8. The highest BCUT2D eigenvalue weighted by Gasteiger charge is 2.19. The Bertz CT molecular complexity index is 444. The Hall–Kier alpha value is -1.60. The molecule has 1 aliphatic carbocycles. The Morgan fingerprint density at radius 3 is 2.78 bits per heavy atom. The maximum Gasteiger partial charge on any atom is 0.235 e. The molecule has 3 heteroatoms. The van der Waals surface area contributed by atoms with E-state index >= 15 is 0 Å². The second-order valence-corrected chi connectivity index (χ2v) is 4.82. The van der Waals surface area contributed by atoms with Crippen molar-refractivity contribution >= 4 is 6.08 Å². The first-order valence-electron chi connectivity index (χ1n) is 6.55. The summed E-state index contributed by atoms with van der Waals surface area (Å²) in [7, 11) is 1.71. The standard InChI is InChI=1S/C15H19NO2/c1-18-15-8-7-12(10-16-11-17)9-14(15)13-5-3-2-4-6-13/h7-9,13H,2-6,10H2,1H3. The molecule has 0 amide bonds. The van der Waals surface area contributed by atoms with E-state index in [1.165, 1.54) is 37.7 Å². The molecule has 0 aliphatic heterocycles. The first-order chi connectivity index (χ1) is 8.85. The molecule has 0 radical (unpaired) electrons. The molecule has 18 heavy (non-hydrogen) atoms. The van der Waals surface area contributed by atoms with Gasteiger partial charge in [0.1, 0.15) is 5.75 Å². The highest BCUT2D eigenvalue weighted by Crippen LogP contribution is 2.37. The summed E-state index contributed by atoms with van der Waals surface area (Å²) in [5, 5.41) is 0. The van der Waals surface area contributed by atoms with Crippen LogP contribution in [-0.4, -0.2) is 13.2 Å². The zero-order valence-electron chi connectivity index (χ0n) is 10.8. The molecule has 0 saturated heterocycles. The van der Waals surface area contributed by atoms with E-state index in [2.05, 4.69) is 11.1 Å². The van der Waals surface area contributed by atoms with E-state index in [1.807, 2.05) is 12.1 Å². The molecular weight excluding hydrogens is 226 g/mol. The Morgan fingerprint density at radius 1 is 1.33 bits per heavy atom. The quantitative estimate of drug-likeness (QED) is 0.600. The topological polar surface area (TPSA) is 38.7 Å². The van der Waals surface area contributed by atoms with E-state index in [4.69, 9.17) is 4.74 Å². The van der Waals surface area contributed by atoms with Crippen LogP contribution in [0.2, 0.25) is 0 Å². The Balaban J connectivity index is 2.25. The molecular formula is C15H19NO2. The number of nitrogens with zero attached hydrogens (tertiary/aromatic N) is 1. The molecule has 96 valence electrons. The average molecular weight is 245 g/mol. The van der Waals surface area contributed by atoms with Crippen LogP contribution >= 0.6 is 0 Å². The fourth-order valence-corrected chi connectivity index (χ4v) is 2.74. The molecule has 0 aromatic heterocycles. The second kappa shape index (κ2) is 6.36. The van der Waals surface area contributed by atoms with Gasteiger partial charge in [0, 0.05) is 0 Å². The molecule has 0 unspecified atom stereocenters. The Kier molecular flexibility index (Phi) is 4.54. The lowest BCUT2D eigenvalue weighted by molar-refractivity contribution is 0.387. The second-order valence-electron chi connectivity index (χ2n) is 4.82. The fraction of sp³-hybridized carbons (Fsp3) is 0.533. The van der Waals surface area contributed by atoms with Crippen LogP contribution in [0.25, 0.3) is 0 Å². The average Bonchev–Trinajstić information content (AvgIpc) is 2.45. The summed E-state index contributed by atoms with van der Waals surface area (Å²) in [6.07, 6.45) is 7.99. The van der Waals surface area contributed by atoms with Crippen LogP contribution in [0.15, 0.2) is 23.2 Å². The van der Waals surface area contributed by atoms with Crippen molar-refractivity contribution in [2.24, 2.45) is 4.99 Å². The molecule has 1 aromatic carbocycles. The summed E-state index contributed by atoms with van der Waals surface area (Å²) >= 11 is 0. The van der Waals surface area contributed by atoms with Gasteiger partial charge in [-0.2, -0.15) is 0 Å². The number of methoxy groups -OCH3 is 1. The molecule has 1 saturated carbocycles. The lowest BCUT2D eigenvalue weighted by Gasteiger charge is -2.24. The van der Waals surface area contributed by atoms with Gasteiger partial charge in [0.15, 0.2) is 0 Å². The summed E-state index contributed by atoms with van der Waals surface area (Å²) < 4.78 is 5.45. The van der Waals surface area contributed by atoms with E-state index in [-0.39, 0.29) is 0 Å². The molecule has 0 heterocycles. The summed E-state index contributed by atoms with van der Waals surface area (Å²) in [4.78, 5) is 13.8. The summed E-state index contributed by atoms with van der Waals surface area (Å²) in [6.45, 7) is 0.410. The smallest absolute Gasteiger partial charge is 0.235 e. The van der Waals surface area contributed by atoms with E-state index in [0.717, 1.165) is 11.3 Å². The number of hydrogen-bond acceptors (Lipinski definition) is 3. The van der Waals surface area contributed by atoms with Gasteiger partial charge in [-0.25, -0.2) is 9.79 Å². The van der Waals surface area contributed by atoms with Gasteiger partial charge >= 0.3 is 0 Å². The number of hydrogen-bond donors (Lipinski definition) is 0. The van der Waals surface area contributed by atoms with E-state index in [1.54, 1.807) is 13.2 Å². The van der Waals surface area contributed by atoms with Crippen molar-refractivity contribution in [3.05, 3.63) is 29.3 Å². The molecule has 2 rings (SSSR count). The number of isocyanates is 1. The van der Waals surface area contributed by atoms with Crippen LogP contribution in [0.4, 0.5) is 0 Å². The summed E-state index contributed by atoms with van der Waals surface area (Å²) in [5.74, 6) is 1.55. The molecule has 3 nitrogen and oxygen atoms in total. The molecule has 1 aliphatic rings. The molecule has 0 atom stereocenters. The number of rotatable bonds is 4. The Morgan fingerprint density at radius 2 is 2.11 bits per heavy atom. The third-order valence-electron chi connectivity index (χ3n) is 3.67. The molecule has 1 fully saturated rings. The highest BCUT2D eigenvalue weighted by molar-refractivity contribution is 5.41. The minimum absolute atomic E-state index is 0.410. The number of benzene rings is 1. The van der Waals surface area contributed by atoms with Gasteiger partial charge in [-0.3, -0.25) is 0 Å². The zero-order valence-corrected chi connectivity index (χ0v) is 10.8. The first kappa shape index (κ1) is 12.8. The number of ether oxygens (including phenoxy) is 1. The fourth-order valence-electron chi connectivity index (χ4n) is 2.74. The minimum Gasteiger partial charge on any atom is -0.496 e. The predicted octanol–water partition coefficient (Wildman–Crippen LogP) is 3.58. The first-order valence-corrected chi connectivity index (χ1v) is 6.55. The molecule has 0 spiro atoms. The lowest BCUT2D eigenvalue weighted by Crippen LogP contribution is -2.06. The van der Waals surface area contributed by atoms with Crippen LogP contribution in [0, 0.1) is 0 Å². The third kappa shape index (κ3) is 2.99. The largest absolute Gasteiger partial charge is 0.496 e. The van der Waals surface area contributed by atoms with Crippen LogP contribution < -0.4 is 4.74 Å². The maximum absolute atomic E-state index is 10.2. The van der Waals surface area contributed by atoms with E-state index in [0.29, 0.717) is 12.5 Å². The van der Waals surface area contributed by atoms with Crippen molar-refractivity contribution in [1.29, 1.82) is 0 Å². The van der Waals surface area contributed by atoms with Crippen molar-refractivity contribution in [1.82, 2.24) is 0 Å². The van der Waals surface area contributed by atoms with Gasteiger partial charge in [0.05, 0.1) is 13.7 Å². The van der Waals surface area contributed by atoms with Crippen LogP contribution in [0.3, 0.4) is 0 Å². The molecule has 0 bridgehead atoms. The maximum atomic E-state index is 10.2. The van der Waals surface area contributed by atoms with Gasteiger partial charge < -0.3 is 4.74 Å². The van der Waals surface area contributed by atoms with Crippen molar-refractivity contribution < 1.29 is 9.53 Å². The molecule has 1 aromatic rings. The van der Waals surface area contributed by atoms with Crippen molar-refractivity contribution in [3.8, 4) is 5.75 Å². The van der Waals surface area contributed by atoms with Crippen molar-refractivity contribution in [2.75, 3.05) is 7.11 Å². The summed E-state index contributed by atoms with van der Waals surface area (Å²) in [5.41, 5.74) is 2.33. The monoisotopic (exact) mass is 245 g/mol. The van der Waals surface area contributed by atoms with Crippen molar-refractivity contribution in [2.45, 2.75) is 44.6 Å². The van der Waals surface area contributed by atoms with Gasteiger partial charge in [-0.15, -0.1) is 0 Å². The minimum atomic E-state index is 0.410. The van der Waals surface area contributed by atoms with Crippen molar-refractivity contribution in [3.63, 3.8) is 0 Å². The van der Waals surface area contributed by atoms with Crippen LogP contribution in [-0.2, 0) is 11.3 Å². The number of aliphatic imine (C=N–C) groups is 1. The number of carbonyl (C=O) groups excluding carboxylic acids is 1. The van der Waals surface area contributed by atoms with Gasteiger partial charge in [0.25, 0.3) is 0 Å². The summed E-state index contributed by atoms with van der Waals surface area (Å²) in [6, 6.07) is 6.08. The van der Waals surface area contributed by atoms with Gasteiger partial charge in [-0.05, 0) is 42.0 Å². The van der Waals surface area contributed by atoms with Gasteiger partial charge in [0.2, 0.25) is 6.08 Å². The third-order valence-corrected chi connectivity index (χ3v) is 3.67. The molecule has 0 N–H and O–H groups in total. The predicted molar refractivity (Wildman–Crippen MR) is 70.6 cm³/mol. The van der Waals surface area contributed by atoms with Crippen LogP contribution in [0.5, 0.6) is 5.75 Å². The van der Waals surface area contributed by atoms with Gasteiger partial charge in [-0.1, -0.05) is 25.3 Å². The Labute approximate surface area is 108 Å².